The number of benzene rings is 2. The maximum absolute atomic E-state index is 12.3. The minimum atomic E-state index is -0.386. The summed E-state index contributed by atoms with van der Waals surface area (Å²) in [7, 11) is 0. The van der Waals surface area contributed by atoms with Crippen molar-refractivity contribution < 1.29 is 9.90 Å². The fourth-order valence-electron chi connectivity index (χ4n) is 2.15. The number of phenolic OH excluding ortho intramolecular Hbond substituents is 1. The van der Waals surface area contributed by atoms with E-state index in [0.717, 1.165) is 11.1 Å². The Balaban J connectivity index is 1.83. The molecule has 7 heteroatoms. The van der Waals surface area contributed by atoms with Gasteiger partial charge in [-0.15, -0.1) is 5.10 Å². The van der Waals surface area contributed by atoms with Gasteiger partial charge in [0.15, 0.2) is 5.69 Å². The lowest BCUT2D eigenvalue weighted by Crippen LogP contribution is -2.13. The normalized spacial score (nSPS) is 10.6. The average Bonchev–Trinajstić information content (AvgIpc) is 3.03. The summed E-state index contributed by atoms with van der Waals surface area (Å²) in [5.74, 6) is -0.230. The molecule has 24 heavy (non-hydrogen) atoms. The Morgan fingerprint density at radius 1 is 1.17 bits per heavy atom. The summed E-state index contributed by atoms with van der Waals surface area (Å²) in [6, 6.07) is 10.4. The number of nitrogens with zero attached hydrogens (tertiary/aromatic N) is 3. The lowest BCUT2D eigenvalue weighted by molar-refractivity contribution is 0.102. The standard InChI is InChI=1S/C17H15ClN4O2/c1-10-3-5-12(18)7-14(10)19-17(24)15-9-22(21-20-15)13-6-4-11(2)16(23)8-13/h3-9,23H,1-2H3,(H,19,24). The van der Waals surface area contributed by atoms with Crippen molar-refractivity contribution >= 4 is 23.2 Å². The van der Waals surface area contributed by atoms with Gasteiger partial charge in [-0.1, -0.05) is 28.9 Å². The molecular weight excluding hydrogens is 328 g/mol. The van der Waals surface area contributed by atoms with Crippen LogP contribution in [0.15, 0.2) is 42.6 Å². The maximum atomic E-state index is 12.3. The van der Waals surface area contributed by atoms with Crippen LogP contribution in [-0.4, -0.2) is 26.0 Å². The molecule has 2 N–H and O–H groups in total. The van der Waals surface area contributed by atoms with Crippen molar-refractivity contribution in [3.63, 3.8) is 0 Å². The van der Waals surface area contributed by atoms with E-state index >= 15 is 0 Å². The smallest absolute Gasteiger partial charge is 0.277 e. The molecule has 0 aliphatic carbocycles. The second kappa shape index (κ2) is 6.33. The number of halogens is 1. The van der Waals surface area contributed by atoms with E-state index in [9.17, 15) is 9.90 Å². The molecule has 0 radical (unpaired) electrons. The van der Waals surface area contributed by atoms with E-state index in [1.54, 1.807) is 37.3 Å². The van der Waals surface area contributed by atoms with E-state index in [4.69, 9.17) is 11.6 Å². The minimum Gasteiger partial charge on any atom is -0.508 e. The molecule has 122 valence electrons. The molecule has 0 atom stereocenters. The largest absolute Gasteiger partial charge is 0.508 e. The molecule has 3 rings (SSSR count). The number of aryl methyl sites for hydroxylation is 2. The highest BCUT2D eigenvalue weighted by molar-refractivity contribution is 6.31. The van der Waals surface area contributed by atoms with E-state index in [0.29, 0.717) is 16.4 Å². The van der Waals surface area contributed by atoms with Crippen LogP contribution in [0.5, 0.6) is 5.75 Å². The molecule has 2 aromatic carbocycles. The fraction of sp³-hybridized carbons (Fsp3) is 0.118. The van der Waals surface area contributed by atoms with Crippen molar-refractivity contribution in [1.82, 2.24) is 15.0 Å². The van der Waals surface area contributed by atoms with Crippen LogP contribution in [0.4, 0.5) is 5.69 Å². The van der Waals surface area contributed by atoms with Gasteiger partial charge >= 0.3 is 0 Å². The van der Waals surface area contributed by atoms with Crippen LogP contribution in [0.3, 0.4) is 0 Å². The number of aromatic nitrogens is 3. The second-order valence-electron chi connectivity index (χ2n) is 5.43. The number of anilines is 1. The van der Waals surface area contributed by atoms with Crippen molar-refractivity contribution in [3.8, 4) is 11.4 Å². The van der Waals surface area contributed by atoms with Crippen LogP contribution in [0.1, 0.15) is 21.6 Å². The number of amides is 1. The third-order valence-corrected chi connectivity index (χ3v) is 3.87. The molecule has 0 bridgehead atoms. The Morgan fingerprint density at radius 3 is 2.67 bits per heavy atom. The van der Waals surface area contributed by atoms with E-state index in [2.05, 4.69) is 15.6 Å². The van der Waals surface area contributed by atoms with Gasteiger partial charge in [0, 0.05) is 16.8 Å². The predicted octanol–water partition coefficient (Wildman–Crippen LogP) is 3.50. The SMILES string of the molecule is Cc1ccc(-n2cc(C(=O)Nc3cc(Cl)ccc3C)nn2)cc1O. The van der Waals surface area contributed by atoms with Gasteiger partial charge in [0.05, 0.1) is 11.9 Å². The molecule has 0 spiro atoms. The molecular formula is C17H15ClN4O2. The Labute approximate surface area is 143 Å². The van der Waals surface area contributed by atoms with Gasteiger partial charge in [-0.05, 0) is 43.2 Å². The molecule has 0 unspecified atom stereocenters. The number of aromatic hydroxyl groups is 1. The molecule has 1 heterocycles. The molecule has 0 fully saturated rings. The lowest BCUT2D eigenvalue weighted by Gasteiger charge is -2.07. The zero-order chi connectivity index (χ0) is 17.3. The second-order valence-corrected chi connectivity index (χ2v) is 5.87. The van der Waals surface area contributed by atoms with E-state index < -0.39 is 0 Å². The minimum absolute atomic E-state index is 0.156. The Hall–Kier alpha value is -2.86. The van der Waals surface area contributed by atoms with Crippen LogP contribution in [0.25, 0.3) is 5.69 Å². The van der Waals surface area contributed by atoms with Crippen LogP contribution in [0, 0.1) is 13.8 Å². The Morgan fingerprint density at radius 2 is 1.92 bits per heavy atom. The van der Waals surface area contributed by atoms with Crippen molar-refractivity contribution in [2.45, 2.75) is 13.8 Å². The first-order valence-corrected chi connectivity index (χ1v) is 7.61. The van der Waals surface area contributed by atoms with Crippen molar-refractivity contribution in [2.75, 3.05) is 5.32 Å². The van der Waals surface area contributed by atoms with Crippen LogP contribution in [0.2, 0.25) is 5.02 Å². The number of phenols is 1. The maximum Gasteiger partial charge on any atom is 0.277 e. The molecule has 6 nitrogen and oxygen atoms in total. The first-order chi connectivity index (χ1) is 11.4. The number of carbonyl (C=O) groups excluding carboxylic acids is 1. The number of nitrogens with one attached hydrogen (secondary N) is 1. The highest BCUT2D eigenvalue weighted by atomic mass is 35.5. The molecule has 0 aliphatic heterocycles. The fourth-order valence-corrected chi connectivity index (χ4v) is 2.32. The zero-order valence-corrected chi connectivity index (χ0v) is 13.9. The van der Waals surface area contributed by atoms with E-state index in [1.165, 1.54) is 10.9 Å². The monoisotopic (exact) mass is 342 g/mol. The van der Waals surface area contributed by atoms with Gasteiger partial charge < -0.3 is 10.4 Å². The first-order valence-electron chi connectivity index (χ1n) is 7.24. The van der Waals surface area contributed by atoms with Gasteiger partial charge in [-0.3, -0.25) is 4.79 Å². The Bertz CT molecular complexity index is 921. The van der Waals surface area contributed by atoms with Crippen molar-refractivity contribution in [3.05, 3.63) is 64.4 Å². The van der Waals surface area contributed by atoms with Gasteiger partial charge in [0.1, 0.15) is 5.75 Å². The quantitative estimate of drug-likeness (QED) is 0.763. The Kier molecular flexibility index (Phi) is 4.22. The third-order valence-electron chi connectivity index (χ3n) is 3.63. The summed E-state index contributed by atoms with van der Waals surface area (Å²) in [5, 5.41) is 20.9. The molecule has 1 aromatic heterocycles. The zero-order valence-electron chi connectivity index (χ0n) is 13.1. The van der Waals surface area contributed by atoms with Crippen LogP contribution >= 0.6 is 11.6 Å². The summed E-state index contributed by atoms with van der Waals surface area (Å²) >= 11 is 5.95. The van der Waals surface area contributed by atoms with Gasteiger partial charge in [0.2, 0.25) is 0 Å². The summed E-state index contributed by atoms with van der Waals surface area (Å²) in [6.07, 6.45) is 1.50. The molecule has 0 saturated carbocycles. The molecule has 0 aliphatic rings. The van der Waals surface area contributed by atoms with E-state index in [1.807, 2.05) is 13.0 Å². The summed E-state index contributed by atoms with van der Waals surface area (Å²) in [6.45, 7) is 3.67. The number of carbonyl (C=O) groups is 1. The van der Waals surface area contributed by atoms with Crippen molar-refractivity contribution in [2.24, 2.45) is 0 Å². The van der Waals surface area contributed by atoms with Crippen LogP contribution < -0.4 is 5.32 Å². The first kappa shape index (κ1) is 16.0. The molecule has 0 saturated heterocycles. The molecule has 1 amide bonds. The third kappa shape index (κ3) is 3.23. The number of hydrogen-bond acceptors (Lipinski definition) is 4. The summed E-state index contributed by atoms with van der Waals surface area (Å²) in [5.41, 5.74) is 3.05. The summed E-state index contributed by atoms with van der Waals surface area (Å²) < 4.78 is 1.43. The number of rotatable bonds is 3. The summed E-state index contributed by atoms with van der Waals surface area (Å²) in [4.78, 5) is 12.3. The van der Waals surface area contributed by atoms with Crippen LogP contribution in [-0.2, 0) is 0 Å². The van der Waals surface area contributed by atoms with Gasteiger partial charge in [-0.2, -0.15) is 0 Å². The highest BCUT2D eigenvalue weighted by Crippen LogP contribution is 2.22. The highest BCUT2D eigenvalue weighted by Gasteiger charge is 2.13. The molecule has 3 aromatic rings. The van der Waals surface area contributed by atoms with Gasteiger partial charge in [0.25, 0.3) is 5.91 Å². The van der Waals surface area contributed by atoms with E-state index in [-0.39, 0.29) is 17.4 Å². The van der Waals surface area contributed by atoms with Crippen molar-refractivity contribution in [1.29, 1.82) is 0 Å². The average molecular weight is 343 g/mol. The lowest BCUT2D eigenvalue weighted by atomic mass is 10.2. The topological polar surface area (TPSA) is 80.0 Å². The van der Waals surface area contributed by atoms with Gasteiger partial charge in [-0.25, -0.2) is 4.68 Å². The predicted molar refractivity (Wildman–Crippen MR) is 91.9 cm³/mol. The number of hydrogen-bond donors (Lipinski definition) is 2.